The summed E-state index contributed by atoms with van der Waals surface area (Å²) in [7, 11) is 0. The lowest BCUT2D eigenvalue weighted by Gasteiger charge is -2.02. The summed E-state index contributed by atoms with van der Waals surface area (Å²) < 4.78 is 14.8. The standard InChI is InChI=1S/C14H13FN4/c15-12-5-3-10(4-6-12)8-13-17-18-14-11(9-16)2-1-7-19(13)14/h1-7H,8-9,16H2. The highest BCUT2D eigenvalue weighted by Crippen LogP contribution is 2.13. The third-order valence-corrected chi connectivity index (χ3v) is 3.08. The first-order chi connectivity index (χ1) is 9.28. The van der Waals surface area contributed by atoms with Gasteiger partial charge in [0.1, 0.15) is 11.6 Å². The summed E-state index contributed by atoms with van der Waals surface area (Å²) in [6.07, 6.45) is 2.52. The molecule has 1 aromatic carbocycles. The number of nitrogens with zero attached hydrogens (tertiary/aromatic N) is 3. The van der Waals surface area contributed by atoms with Gasteiger partial charge in [0.25, 0.3) is 0 Å². The normalized spacial score (nSPS) is 11.1. The molecule has 2 aromatic heterocycles. The summed E-state index contributed by atoms with van der Waals surface area (Å²) in [5.41, 5.74) is 8.40. The first kappa shape index (κ1) is 11.8. The van der Waals surface area contributed by atoms with Crippen LogP contribution in [-0.2, 0) is 13.0 Å². The van der Waals surface area contributed by atoms with Crippen LogP contribution >= 0.6 is 0 Å². The second-order valence-corrected chi connectivity index (χ2v) is 4.35. The molecule has 0 saturated heterocycles. The molecule has 4 nitrogen and oxygen atoms in total. The quantitative estimate of drug-likeness (QED) is 0.779. The van der Waals surface area contributed by atoms with Gasteiger partial charge < -0.3 is 5.73 Å². The van der Waals surface area contributed by atoms with Crippen molar-refractivity contribution in [2.75, 3.05) is 0 Å². The fourth-order valence-corrected chi connectivity index (χ4v) is 2.08. The molecule has 5 heteroatoms. The molecule has 19 heavy (non-hydrogen) atoms. The topological polar surface area (TPSA) is 56.2 Å². The zero-order valence-corrected chi connectivity index (χ0v) is 10.3. The first-order valence-electron chi connectivity index (χ1n) is 6.04. The van der Waals surface area contributed by atoms with Crippen LogP contribution in [0.25, 0.3) is 5.65 Å². The summed E-state index contributed by atoms with van der Waals surface area (Å²) in [5.74, 6) is 0.581. The molecule has 3 aromatic rings. The van der Waals surface area contributed by atoms with Crippen LogP contribution < -0.4 is 5.73 Å². The van der Waals surface area contributed by atoms with Crippen LogP contribution in [0.3, 0.4) is 0 Å². The van der Waals surface area contributed by atoms with Crippen molar-refractivity contribution < 1.29 is 4.39 Å². The summed E-state index contributed by atoms with van der Waals surface area (Å²) in [6.45, 7) is 0.430. The van der Waals surface area contributed by atoms with Gasteiger partial charge in [-0.05, 0) is 23.8 Å². The van der Waals surface area contributed by atoms with Crippen LogP contribution in [0.1, 0.15) is 17.0 Å². The Morgan fingerprint density at radius 2 is 1.89 bits per heavy atom. The number of hydrogen-bond donors (Lipinski definition) is 1. The van der Waals surface area contributed by atoms with Crippen LogP contribution in [0.15, 0.2) is 42.6 Å². The van der Waals surface area contributed by atoms with E-state index in [4.69, 9.17) is 5.73 Å². The van der Waals surface area contributed by atoms with Gasteiger partial charge in [0.05, 0.1) is 0 Å². The summed E-state index contributed by atoms with van der Waals surface area (Å²) in [4.78, 5) is 0. The average molecular weight is 256 g/mol. The van der Waals surface area contributed by atoms with E-state index in [2.05, 4.69) is 10.2 Å². The predicted molar refractivity (Wildman–Crippen MR) is 70.1 cm³/mol. The van der Waals surface area contributed by atoms with Crippen molar-refractivity contribution in [3.63, 3.8) is 0 Å². The third kappa shape index (κ3) is 2.20. The van der Waals surface area contributed by atoms with Crippen molar-refractivity contribution in [3.8, 4) is 0 Å². The number of nitrogens with two attached hydrogens (primary N) is 1. The average Bonchev–Trinajstić information content (AvgIpc) is 2.84. The Balaban J connectivity index is 1.99. The highest BCUT2D eigenvalue weighted by atomic mass is 19.1. The molecule has 0 bridgehead atoms. The molecule has 0 aliphatic rings. The van der Waals surface area contributed by atoms with Gasteiger partial charge in [-0.2, -0.15) is 0 Å². The number of fused-ring (bicyclic) bond motifs is 1. The second-order valence-electron chi connectivity index (χ2n) is 4.35. The molecule has 0 fully saturated rings. The van der Waals surface area contributed by atoms with Gasteiger partial charge in [0.2, 0.25) is 0 Å². The molecular weight excluding hydrogens is 243 g/mol. The lowest BCUT2D eigenvalue weighted by atomic mass is 10.1. The van der Waals surface area contributed by atoms with E-state index >= 15 is 0 Å². The lowest BCUT2D eigenvalue weighted by Crippen LogP contribution is -2.01. The van der Waals surface area contributed by atoms with E-state index in [9.17, 15) is 4.39 Å². The number of aromatic nitrogens is 3. The van der Waals surface area contributed by atoms with E-state index in [-0.39, 0.29) is 5.82 Å². The molecule has 0 unspecified atom stereocenters. The van der Waals surface area contributed by atoms with Gasteiger partial charge in [-0.1, -0.05) is 18.2 Å². The molecule has 0 aliphatic carbocycles. The van der Waals surface area contributed by atoms with Crippen molar-refractivity contribution in [1.82, 2.24) is 14.6 Å². The van der Waals surface area contributed by atoms with Crippen molar-refractivity contribution in [2.24, 2.45) is 5.73 Å². The number of pyridine rings is 1. The molecule has 0 saturated carbocycles. The van der Waals surface area contributed by atoms with E-state index in [0.29, 0.717) is 13.0 Å². The second kappa shape index (κ2) is 4.78. The molecule has 0 atom stereocenters. The number of rotatable bonds is 3. The van der Waals surface area contributed by atoms with Crippen LogP contribution in [0.5, 0.6) is 0 Å². The summed E-state index contributed by atoms with van der Waals surface area (Å²) in [6, 6.07) is 10.3. The fraction of sp³-hybridized carbons (Fsp3) is 0.143. The molecule has 0 spiro atoms. The highest BCUT2D eigenvalue weighted by Gasteiger charge is 2.08. The summed E-state index contributed by atoms with van der Waals surface area (Å²) in [5, 5.41) is 8.35. The lowest BCUT2D eigenvalue weighted by molar-refractivity contribution is 0.627. The fourth-order valence-electron chi connectivity index (χ4n) is 2.08. The van der Waals surface area contributed by atoms with Crippen molar-refractivity contribution in [3.05, 3.63) is 65.4 Å². The number of hydrogen-bond acceptors (Lipinski definition) is 3. The maximum Gasteiger partial charge on any atom is 0.165 e. The van der Waals surface area contributed by atoms with E-state index in [1.54, 1.807) is 12.1 Å². The van der Waals surface area contributed by atoms with Crippen molar-refractivity contribution in [1.29, 1.82) is 0 Å². The Morgan fingerprint density at radius 1 is 1.11 bits per heavy atom. The smallest absolute Gasteiger partial charge is 0.165 e. The van der Waals surface area contributed by atoms with Crippen LogP contribution in [0.4, 0.5) is 4.39 Å². The molecule has 0 amide bonds. The SMILES string of the molecule is NCc1cccn2c(Cc3ccc(F)cc3)nnc12. The molecular formula is C14H13FN4. The van der Waals surface area contributed by atoms with Gasteiger partial charge in [0.15, 0.2) is 5.65 Å². The number of benzene rings is 1. The van der Waals surface area contributed by atoms with Crippen LogP contribution in [0.2, 0.25) is 0 Å². The minimum atomic E-state index is -0.236. The van der Waals surface area contributed by atoms with Gasteiger partial charge in [-0.3, -0.25) is 4.40 Å². The van der Waals surface area contributed by atoms with Gasteiger partial charge in [-0.15, -0.1) is 10.2 Å². The highest BCUT2D eigenvalue weighted by molar-refractivity contribution is 5.47. The third-order valence-electron chi connectivity index (χ3n) is 3.08. The van der Waals surface area contributed by atoms with E-state index in [0.717, 1.165) is 22.6 Å². The van der Waals surface area contributed by atoms with Crippen molar-refractivity contribution in [2.45, 2.75) is 13.0 Å². The maximum absolute atomic E-state index is 12.9. The minimum absolute atomic E-state index is 0.236. The molecule has 0 radical (unpaired) electrons. The molecule has 2 N–H and O–H groups in total. The zero-order valence-electron chi connectivity index (χ0n) is 10.3. The predicted octanol–water partition coefficient (Wildman–Crippen LogP) is 1.92. The largest absolute Gasteiger partial charge is 0.326 e. The van der Waals surface area contributed by atoms with E-state index in [1.165, 1.54) is 12.1 Å². The Hall–Kier alpha value is -2.27. The van der Waals surface area contributed by atoms with Gasteiger partial charge in [0, 0.05) is 24.7 Å². The monoisotopic (exact) mass is 256 g/mol. The van der Waals surface area contributed by atoms with Gasteiger partial charge in [-0.25, -0.2) is 4.39 Å². The minimum Gasteiger partial charge on any atom is -0.326 e. The Bertz CT molecular complexity index is 703. The summed E-state index contributed by atoms with van der Waals surface area (Å²) >= 11 is 0. The van der Waals surface area contributed by atoms with Gasteiger partial charge >= 0.3 is 0 Å². The maximum atomic E-state index is 12.9. The van der Waals surface area contributed by atoms with E-state index < -0.39 is 0 Å². The zero-order chi connectivity index (χ0) is 13.2. The molecule has 0 aliphatic heterocycles. The van der Waals surface area contributed by atoms with Crippen molar-refractivity contribution >= 4 is 5.65 Å². The van der Waals surface area contributed by atoms with Crippen LogP contribution in [0, 0.1) is 5.82 Å². The Labute approximate surface area is 109 Å². The Kier molecular flexibility index (Phi) is 2.97. The molecule has 2 heterocycles. The molecule has 96 valence electrons. The number of halogens is 1. The Morgan fingerprint density at radius 3 is 2.63 bits per heavy atom. The molecule has 3 rings (SSSR count). The van der Waals surface area contributed by atoms with E-state index in [1.807, 2.05) is 22.7 Å². The first-order valence-corrected chi connectivity index (χ1v) is 6.04. The van der Waals surface area contributed by atoms with Crippen LogP contribution in [-0.4, -0.2) is 14.6 Å².